The molecule has 4 nitrogen and oxygen atoms in total. The summed E-state index contributed by atoms with van der Waals surface area (Å²) in [4.78, 5) is 0.505. The third-order valence-electron chi connectivity index (χ3n) is 3.04. The summed E-state index contributed by atoms with van der Waals surface area (Å²) in [5.74, 6) is 1.26. The molecule has 3 N–H and O–H groups in total. The standard InChI is InChI=1S/C13H21N3OS/c1-5-8(2)6-9(3)16-13-12(17-4)11(15)10(7-14)18-13/h8-9,16H,5-6,15H2,1-4H3. The summed E-state index contributed by atoms with van der Waals surface area (Å²) in [5, 5.41) is 13.2. The third kappa shape index (κ3) is 3.30. The molecular formula is C13H21N3OS. The fourth-order valence-corrected chi connectivity index (χ4v) is 2.86. The fourth-order valence-electron chi connectivity index (χ4n) is 1.86. The van der Waals surface area contributed by atoms with Crippen molar-refractivity contribution in [2.45, 2.75) is 39.7 Å². The van der Waals surface area contributed by atoms with E-state index in [0.29, 0.717) is 28.3 Å². The van der Waals surface area contributed by atoms with Crippen LogP contribution in [-0.2, 0) is 0 Å². The Morgan fingerprint density at radius 1 is 1.50 bits per heavy atom. The summed E-state index contributed by atoms with van der Waals surface area (Å²) >= 11 is 1.35. The lowest BCUT2D eigenvalue weighted by atomic mass is 10.0. The van der Waals surface area contributed by atoms with Crippen molar-refractivity contribution in [2.75, 3.05) is 18.2 Å². The molecular weight excluding hydrogens is 246 g/mol. The van der Waals surface area contributed by atoms with Crippen LogP contribution in [-0.4, -0.2) is 13.2 Å². The van der Waals surface area contributed by atoms with Gasteiger partial charge in [-0.15, -0.1) is 11.3 Å². The number of nitriles is 1. The average Bonchev–Trinajstić information content (AvgIpc) is 2.64. The Morgan fingerprint density at radius 2 is 2.17 bits per heavy atom. The van der Waals surface area contributed by atoms with Gasteiger partial charge in [-0.05, 0) is 19.3 Å². The molecule has 0 bridgehead atoms. The minimum Gasteiger partial charge on any atom is -0.492 e. The Bertz CT molecular complexity index is 436. The predicted octanol–water partition coefficient (Wildman–Crippen LogP) is 3.45. The van der Waals surface area contributed by atoms with Crippen LogP contribution in [0.1, 0.15) is 38.5 Å². The molecule has 5 heteroatoms. The molecule has 100 valence electrons. The topological polar surface area (TPSA) is 71.1 Å². The van der Waals surface area contributed by atoms with E-state index in [-0.39, 0.29) is 0 Å². The quantitative estimate of drug-likeness (QED) is 0.828. The molecule has 2 unspecified atom stereocenters. The van der Waals surface area contributed by atoms with Gasteiger partial charge in [0.25, 0.3) is 0 Å². The van der Waals surface area contributed by atoms with Gasteiger partial charge in [-0.25, -0.2) is 0 Å². The maximum Gasteiger partial charge on any atom is 0.177 e. The number of hydrogen-bond acceptors (Lipinski definition) is 5. The number of nitrogen functional groups attached to an aromatic ring is 1. The number of methoxy groups -OCH3 is 1. The van der Waals surface area contributed by atoms with Crippen LogP contribution in [0.5, 0.6) is 5.75 Å². The minimum absolute atomic E-state index is 0.332. The molecule has 1 heterocycles. The smallest absolute Gasteiger partial charge is 0.177 e. The van der Waals surface area contributed by atoms with Crippen LogP contribution < -0.4 is 15.8 Å². The third-order valence-corrected chi connectivity index (χ3v) is 4.06. The van der Waals surface area contributed by atoms with E-state index in [9.17, 15) is 0 Å². The Hall–Kier alpha value is -1.41. The number of anilines is 2. The van der Waals surface area contributed by atoms with E-state index in [1.807, 2.05) is 0 Å². The van der Waals surface area contributed by atoms with Crippen LogP contribution in [0.2, 0.25) is 0 Å². The SMILES string of the molecule is CCC(C)CC(C)Nc1sc(C#N)c(N)c1OC. The summed E-state index contributed by atoms with van der Waals surface area (Å²) in [6.45, 7) is 6.56. The van der Waals surface area contributed by atoms with Gasteiger partial charge < -0.3 is 15.8 Å². The van der Waals surface area contributed by atoms with E-state index >= 15 is 0 Å². The fraction of sp³-hybridized carbons (Fsp3) is 0.615. The Morgan fingerprint density at radius 3 is 2.67 bits per heavy atom. The predicted molar refractivity (Wildman–Crippen MR) is 77.2 cm³/mol. The van der Waals surface area contributed by atoms with Crippen LogP contribution in [0.15, 0.2) is 0 Å². The molecule has 1 aromatic rings. The van der Waals surface area contributed by atoms with Crippen molar-refractivity contribution < 1.29 is 4.74 Å². The van der Waals surface area contributed by atoms with Crippen molar-refractivity contribution in [3.8, 4) is 11.8 Å². The monoisotopic (exact) mass is 267 g/mol. The molecule has 0 spiro atoms. The second kappa shape index (κ2) is 6.50. The molecule has 2 atom stereocenters. The summed E-state index contributed by atoms with van der Waals surface area (Å²) in [6.07, 6.45) is 2.25. The van der Waals surface area contributed by atoms with Crippen molar-refractivity contribution in [1.82, 2.24) is 0 Å². The molecule has 0 saturated heterocycles. The van der Waals surface area contributed by atoms with E-state index in [2.05, 4.69) is 32.2 Å². The first-order chi connectivity index (χ1) is 8.53. The lowest BCUT2D eigenvalue weighted by Crippen LogP contribution is -2.17. The molecule has 1 aromatic heterocycles. The van der Waals surface area contributed by atoms with Gasteiger partial charge in [-0.1, -0.05) is 20.3 Å². The van der Waals surface area contributed by atoms with Gasteiger partial charge in [-0.3, -0.25) is 0 Å². The summed E-state index contributed by atoms with van der Waals surface area (Å²) < 4.78 is 5.26. The maximum atomic E-state index is 8.97. The molecule has 18 heavy (non-hydrogen) atoms. The zero-order chi connectivity index (χ0) is 13.7. The van der Waals surface area contributed by atoms with Gasteiger partial charge in [-0.2, -0.15) is 5.26 Å². The molecule has 0 fully saturated rings. The van der Waals surface area contributed by atoms with Gasteiger partial charge in [0.05, 0.1) is 7.11 Å². The number of nitrogens with zero attached hydrogens (tertiary/aromatic N) is 1. The van der Waals surface area contributed by atoms with Crippen LogP contribution in [0.4, 0.5) is 10.7 Å². The van der Waals surface area contributed by atoms with Crippen molar-refractivity contribution in [1.29, 1.82) is 5.26 Å². The first-order valence-electron chi connectivity index (χ1n) is 6.16. The average molecular weight is 267 g/mol. The largest absolute Gasteiger partial charge is 0.492 e. The molecule has 1 rings (SSSR count). The molecule has 0 amide bonds. The van der Waals surface area contributed by atoms with Crippen LogP contribution >= 0.6 is 11.3 Å². The minimum atomic E-state index is 0.332. The van der Waals surface area contributed by atoms with E-state index in [4.69, 9.17) is 15.7 Å². The molecule has 0 aliphatic carbocycles. The number of rotatable bonds is 6. The first kappa shape index (κ1) is 14.7. The Labute approximate surface area is 113 Å². The molecule has 0 saturated carbocycles. The lowest BCUT2D eigenvalue weighted by Gasteiger charge is -2.18. The molecule has 0 radical (unpaired) electrons. The van der Waals surface area contributed by atoms with Gasteiger partial charge >= 0.3 is 0 Å². The normalized spacial score (nSPS) is 13.7. The highest BCUT2D eigenvalue weighted by Gasteiger charge is 2.18. The van der Waals surface area contributed by atoms with Crippen molar-refractivity contribution in [3.63, 3.8) is 0 Å². The molecule has 0 aliphatic heterocycles. The van der Waals surface area contributed by atoms with Gasteiger partial charge in [0.1, 0.15) is 21.6 Å². The zero-order valence-electron chi connectivity index (χ0n) is 11.4. The van der Waals surface area contributed by atoms with E-state index in [0.717, 1.165) is 11.4 Å². The summed E-state index contributed by atoms with van der Waals surface area (Å²) in [6, 6.07) is 2.42. The number of nitrogens with one attached hydrogen (secondary N) is 1. The van der Waals surface area contributed by atoms with Crippen molar-refractivity contribution >= 4 is 22.0 Å². The second-order valence-corrected chi connectivity index (χ2v) is 5.63. The van der Waals surface area contributed by atoms with Crippen LogP contribution in [0.3, 0.4) is 0 Å². The number of nitrogens with two attached hydrogens (primary N) is 1. The van der Waals surface area contributed by atoms with Crippen molar-refractivity contribution in [2.24, 2.45) is 5.92 Å². The maximum absolute atomic E-state index is 8.97. The highest BCUT2D eigenvalue weighted by Crippen LogP contribution is 2.42. The number of hydrogen-bond donors (Lipinski definition) is 2. The van der Waals surface area contributed by atoms with Gasteiger partial charge in [0.2, 0.25) is 0 Å². The van der Waals surface area contributed by atoms with Gasteiger partial charge in [0.15, 0.2) is 5.75 Å². The highest BCUT2D eigenvalue weighted by molar-refractivity contribution is 7.17. The Kier molecular flexibility index (Phi) is 5.29. The lowest BCUT2D eigenvalue weighted by molar-refractivity contribution is 0.418. The Balaban J connectivity index is 2.81. The number of thiophene rings is 1. The molecule has 0 aliphatic rings. The first-order valence-corrected chi connectivity index (χ1v) is 6.97. The second-order valence-electron chi connectivity index (χ2n) is 4.61. The van der Waals surface area contributed by atoms with Crippen LogP contribution in [0.25, 0.3) is 0 Å². The van der Waals surface area contributed by atoms with Crippen LogP contribution in [0, 0.1) is 17.2 Å². The number of ether oxygens (including phenoxy) is 1. The van der Waals surface area contributed by atoms with E-state index in [1.165, 1.54) is 17.8 Å². The van der Waals surface area contributed by atoms with Crippen molar-refractivity contribution in [3.05, 3.63) is 4.88 Å². The van der Waals surface area contributed by atoms with Gasteiger partial charge in [0, 0.05) is 6.04 Å². The molecule has 0 aromatic carbocycles. The van der Waals surface area contributed by atoms with E-state index < -0.39 is 0 Å². The zero-order valence-corrected chi connectivity index (χ0v) is 12.2. The summed E-state index contributed by atoms with van der Waals surface area (Å²) in [7, 11) is 1.57. The van der Waals surface area contributed by atoms with E-state index in [1.54, 1.807) is 7.11 Å². The summed E-state index contributed by atoms with van der Waals surface area (Å²) in [5.41, 5.74) is 6.28. The highest BCUT2D eigenvalue weighted by atomic mass is 32.1.